The summed E-state index contributed by atoms with van der Waals surface area (Å²) in [6.07, 6.45) is -0.239. The zero-order valence-corrected chi connectivity index (χ0v) is 11.8. The van der Waals surface area contributed by atoms with Gasteiger partial charge in [0.15, 0.2) is 5.41 Å². The minimum absolute atomic E-state index is 0.120. The van der Waals surface area contributed by atoms with Gasteiger partial charge < -0.3 is 14.0 Å². The summed E-state index contributed by atoms with van der Waals surface area (Å²) < 4.78 is 26.9. The van der Waals surface area contributed by atoms with Crippen molar-refractivity contribution >= 4 is 19.3 Å². The van der Waals surface area contributed by atoms with E-state index in [1.54, 1.807) is 20.8 Å². The molecule has 0 amide bonds. The maximum atomic E-state index is 12.1. The Balaban J connectivity index is 2.84. The van der Waals surface area contributed by atoms with Gasteiger partial charge in [-0.25, -0.2) is 0 Å². The highest BCUT2D eigenvalue weighted by molar-refractivity contribution is 7.61. The first-order chi connectivity index (χ1) is 8.44. The predicted molar refractivity (Wildman–Crippen MR) is 64.7 cm³/mol. The van der Waals surface area contributed by atoms with Crippen LogP contribution in [0.2, 0.25) is 0 Å². The lowest BCUT2D eigenvalue weighted by atomic mass is 9.92. The standard InChI is InChI=1S/C11H19O6P/c1-4-15-9(12)11(10(13)16-5-2)7-18(14,8-11)17-6-3/h4-8H2,1-3H3. The number of esters is 2. The number of rotatable bonds is 6. The van der Waals surface area contributed by atoms with Crippen molar-refractivity contribution in [1.29, 1.82) is 0 Å². The van der Waals surface area contributed by atoms with E-state index in [1.807, 2.05) is 0 Å². The van der Waals surface area contributed by atoms with Gasteiger partial charge in [0.2, 0.25) is 7.37 Å². The van der Waals surface area contributed by atoms with Crippen LogP contribution in [-0.2, 0) is 28.2 Å². The molecule has 1 rings (SSSR count). The Labute approximate surface area is 106 Å². The van der Waals surface area contributed by atoms with Crippen LogP contribution in [0, 0.1) is 5.41 Å². The van der Waals surface area contributed by atoms with Gasteiger partial charge in [-0.3, -0.25) is 14.2 Å². The smallest absolute Gasteiger partial charge is 0.324 e. The van der Waals surface area contributed by atoms with E-state index in [4.69, 9.17) is 14.0 Å². The molecular formula is C11H19O6P. The van der Waals surface area contributed by atoms with Gasteiger partial charge in [0, 0.05) is 0 Å². The molecule has 0 saturated carbocycles. The number of carbonyl (C=O) groups is 2. The molecule has 1 fully saturated rings. The first-order valence-electron chi connectivity index (χ1n) is 6.01. The van der Waals surface area contributed by atoms with E-state index in [-0.39, 0.29) is 25.5 Å². The van der Waals surface area contributed by atoms with Crippen molar-refractivity contribution in [2.75, 3.05) is 32.1 Å². The second-order valence-electron chi connectivity index (χ2n) is 4.07. The van der Waals surface area contributed by atoms with Gasteiger partial charge in [0.05, 0.1) is 32.1 Å². The Morgan fingerprint density at radius 1 is 1.00 bits per heavy atom. The van der Waals surface area contributed by atoms with E-state index < -0.39 is 24.7 Å². The highest BCUT2D eigenvalue weighted by atomic mass is 31.2. The monoisotopic (exact) mass is 278 g/mol. The van der Waals surface area contributed by atoms with Crippen molar-refractivity contribution in [2.45, 2.75) is 20.8 Å². The number of hydrogen-bond donors (Lipinski definition) is 0. The van der Waals surface area contributed by atoms with E-state index >= 15 is 0 Å². The molecular weight excluding hydrogens is 259 g/mol. The number of ether oxygens (including phenoxy) is 2. The first kappa shape index (κ1) is 15.2. The van der Waals surface area contributed by atoms with E-state index in [0.29, 0.717) is 6.61 Å². The Bertz CT molecular complexity index is 348. The van der Waals surface area contributed by atoms with Crippen LogP contribution in [-0.4, -0.2) is 44.1 Å². The molecule has 1 aliphatic rings. The molecule has 1 saturated heterocycles. The highest BCUT2D eigenvalue weighted by Crippen LogP contribution is 2.65. The summed E-state index contributed by atoms with van der Waals surface area (Å²) in [6.45, 7) is 5.64. The molecule has 104 valence electrons. The van der Waals surface area contributed by atoms with E-state index in [0.717, 1.165) is 0 Å². The molecule has 0 aromatic carbocycles. The zero-order valence-electron chi connectivity index (χ0n) is 10.9. The Hall–Kier alpha value is -0.870. The molecule has 0 N–H and O–H groups in total. The molecule has 0 bridgehead atoms. The quantitative estimate of drug-likeness (QED) is 0.415. The van der Waals surface area contributed by atoms with Gasteiger partial charge in [0.25, 0.3) is 0 Å². The SMILES string of the molecule is CCOC(=O)C1(C(=O)OCC)CP(=O)(OCC)C1. The Morgan fingerprint density at radius 3 is 1.78 bits per heavy atom. The van der Waals surface area contributed by atoms with Crippen LogP contribution in [0.1, 0.15) is 20.8 Å². The van der Waals surface area contributed by atoms with Crippen molar-refractivity contribution in [2.24, 2.45) is 5.41 Å². The van der Waals surface area contributed by atoms with Crippen LogP contribution in [0.15, 0.2) is 0 Å². The summed E-state index contributed by atoms with van der Waals surface area (Å²) in [6, 6.07) is 0. The van der Waals surface area contributed by atoms with E-state index in [2.05, 4.69) is 0 Å². The molecule has 0 aliphatic carbocycles. The Morgan fingerprint density at radius 2 is 1.44 bits per heavy atom. The van der Waals surface area contributed by atoms with Gasteiger partial charge in [0.1, 0.15) is 0 Å². The summed E-state index contributed by atoms with van der Waals surface area (Å²) in [5, 5.41) is 0. The second kappa shape index (κ2) is 5.85. The molecule has 0 aromatic rings. The predicted octanol–water partition coefficient (Wildman–Crippen LogP) is 1.43. The highest BCUT2D eigenvalue weighted by Gasteiger charge is 2.65. The molecule has 1 heterocycles. The van der Waals surface area contributed by atoms with Crippen LogP contribution < -0.4 is 0 Å². The van der Waals surface area contributed by atoms with Crippen LogP contribution >= 0.6 is 7.37 Å². The lowest BCUT2D eigenvalue weighted by molar-refractivity contribution is -0.170. The summed E-state index contributed by atoms with van der Waals surface area (Å²) in [5.74, 6) is -1.34. The maximum Gasteiger partial charge on any atom is 0.324 e. The van der Waals surface area contributed by atoms with E-state index in [1.165, 1.54) is 0 Å². The van der Waals surface area contributed by atoms with Crippen LogP contribution in [0.4, 0.5) is 0 Å². The van der Waals surface area contributed by atoms with Crippen molar-refractivity contribution < 1.29 is 28.2 Å². The molecule has 0 unspecified atom stereocenters. The fourth-order valence-corrected chi connectivity index (χ4v) is 4.70. The molecule has 7 heteroatoms. The van der Waals surface area contributed by atoms with Crippen LogP contribution in [0.3, 0.4) is 0 Å². The molecule has 1 aliphatic heterocycles. The molecule has 6 nitrogen and oxygen atoms in total. The zero-order chi connectivity index (χ0) is 13.8. The second-order valence-corrected chi connectivity index (χ2v) is 6.59. The lowest BCUT2D eigenvalue weighted by Crippen LogP contribution is -2.54. The molecule has 0 spiro atoms. The van der Waals surface area contributed by atoms with Gasteiger partial charge in [-0.05, 0) is 20.8 Å². The number of hydrogen-bond acceptors (Lipinski definition) is 6. The summed E-state index contributed by atoms with van der Waals surface area (Å²) in [4.78, 5) is 23.7. The molecule has 0 radical (unpaired) electrons. The van der Waals surface area contributed by atoms with E-state index in [9.17, 15) is 14.2 Å². The molecule has 0 atom stereocenters. The average Bonchev–Trinajstić information content (AvgIpc) is 2.26. The summed E-state index contributed by atoms with van der Waals surface area (Å²) in [5.41, 5.74) is -1.43. The van der Waals surface area contributed by atoms with Gasteiger partial charge in [-0.2, -0.15) is 0 Å². The maximum absolute atomic E-state index is 12.1. The van der Waals surface area contributed by atoms with Crippen molar-refractivity contribution in [1.82, 2.24) is 0 Å². The minimum atomic E-state index is -2.87. The summed E-state index contributed by atoms with van der Waals surface area (Å²) >= 11 is 0. The third-order valence-corrected chi connectivity index (χ3v) is 5.49. The van der Waals surface area contributed by atoms with Crippen molar-refractivity contribution in [3.8, 4) is 0 Å². The minimum Gasteiger partial charge on any atom is -0.465 e. The van der Waals surface area contributed by atoms with Crippen LogP contribution in [0.5, 0.6) is 0 Å². The average molecular weight is 278 g/mol. The summed E-state index contributed by atoms with van der Waals surface area (Å²) in [7, 11) is -2.87. The fraction of sp³-hybridized carbons (Fsp3) is 0.818. The molecule has 0 aromatic heterocycles. The fourth-order valence-electron chi connectivity index (χ4n) is 1.98. The largest absolute Gasteiger partial charge is 0.465 e. The van der Waals surface area contributed by atoms with Crippen LogP contribution in [0.25, 0.3) is 0 Å². The van der Waals surface area contributed by atoms with Gasteiger partial charge in [-0.1, -0.05) is 0 Å². The number of carbonyl (C=O) groups excluding carboxylic acids is 2. The third kappa shape index (κ3) is 2.75. The lowest BCUT2D eigenvalue weighted by Gasteiger charge is -2.41. The van der Waals surface area contributed by atoms with Crippen molar-refractivity contribution in [3.05, 3.63) is 0 Å². The van der Waals surface area contributed by atoms with Gasteiger partial charge >= 0.3 is 11.9 Å². The first-order valence-corrected chi connectivity index (χ1v) is 8.00. The normalized spacial score (nSPS) is 19.7. The topological polar surface area (TPSA) is 78.9 Å². The Kier molecular flexibility index (Phi) is 4.93. The molecule has 18 heavy (non-hydrogen) atoms. The van der Waals surface area contributed by atoms with Gasteiger partial charge in [-0.15, -0.1) is 0 Å². The third-order valence-electron chi connectivity index (χ3n) is 2.72. The van der Waals surface area contributed by atoms with Crippen molar-refractivity contribution in [3.63, 3.8) is 0 Å².